The van der Waals surface area contributed by atoms with Gasteiger partial charge in [-0.25, -0.2) is 4.39 Å². The fraction of sp³-hybridized carbons (Fsp3) is 0.455. The van der Waals surface area contributed by atoms with Gasteiger partial charge in [-0.2, -0.15) is 0 Å². The molecule has 0 saturated carbocycles. The van der Waals surface area contributed by atoms with Crippen LogP contribution in [0.1, 0.15) is 13.3 Å². The standard InChI is InChI=1S/C11H15FO3/c1-3-8(13)7-15-9-4-5-10(12)11(6-9)14-2/h4-6,8,13H,3,7H2,1-2H3/t8-/m0/s1. The van der Waals surface area contributed by atoms with Crippen molar-refractivity contribution in [3.8, 4) is 11.5 Å². The lowest BCUT2D eigenvalue weighted by molar-refractivity contribution is 0.104. The molecule has 0 spiro atoms. The Bertz CT molecular complexity index is 315. The van der Waals surface area contributed by atoms with Crippen LogP contribution in [0.3, 0.4) is 0 Å². The molecule has 4 heteroatoms. The Kier molecular flexibility index (Phi) is 4.37. The normalized spacial score (nSPS) is 12.3. The predicted octanol–water partition coefficient (Wildman–Crippen LogP) is 1.98. The molecule has 84 valence electrons. The van der Waals surface area contributed by atoms with Crippen molar-refractivity contribution < 1.29 is 19.0 Å². The van der Waals surface area contributed by atoms with Crippen LogP contribution in [-0.2, 0) is 0 Å². The number of benzene rings is 1. The highest BCUT2D eigenvalue weighted by atomic mass is 19.1. The van der Waals surface area contributed by atoms with Crippen LogP contribution in [-0.4, -0.2) is 24.9 Å². The summed E-state index contributed by atoms with van der Waals surface area (Å²) < 4.78 is 23.1. The maximum Gasteiger partial charge on any atom is 0.165 e. The van der Waals surface area contributed by atoms with Gasteiger partial charge < -0.3 is 14.6 Å². The van der Waals surface area contributed by atoms with E-state index in [2.05, 4.69) is 0 Å². The van der Waals surface area contributed by atoms with Gasteiger partial charge in [0.1, 0.15) is 12.4 Å². The third kappa shape index (κ3) is 3.40. The first-order chi connectivity index (χ1) is 7.17. The lowest BCUT2D eigenvalue weighted by Crippen LogP contribution is -2.16. The second-order valence-corrected chi connectivity index (χ2v) is 3.17. The fourth-order valence-electron chi connectivity index (χ4n) is 1.04. The van der Waals surface area contributed by atoms with Crippen molar-refractivity contribution in [3.05, 3.63) is 24.0 Å². The van der Waals surface area contributed by atoms with E-state index in [1.54, 1.807) is 0 Å². The van der Waals surface area contributed by atoms with Gasteiger partial charge in [-0.15, -0.1) is 0 Å². The van der Waals surface area contributed by atoms with Crippen LogP contribution < -0.4 is 9.47 Å². The van der Waals surface area contributed by atoms with Crippen LogP contribution in [0.4, 0.5) is 4.39 Å². The van der Waals surface area contributed by atoms with Crippen molar-refractivity contribution in [2.45, 2.75) is 19.4 Å². The number of halogens is 1. The Morgan fingerprint density at radius 1 is 1.47 bits per heavy atom. The number of rotatable bonds is 5. The smallest absolute Gasteiger partial charge is 0.165 e. The zero-order valence-electron chi connectivity index (χ0n) is 8.87. The lowest BCUT2D eigenvalue weighted by atomic mass is 10.3. The van der Waals surface area contributed by atoms with Crippen molar-refractivity contribution in [2.24, 2.45) is 0 Å². The molecule has 0 aromatic heterocycles. The first-order valence-corrected chi connectivity index (χ1v) is 4.81. The van der Waals surface area contributed by atoms with Gasteiger partial charge in [-0.3, -0.25) is 0 Å². The number of methoxy groups -OCH3 is 1. The molecule has 1 aromatic carbocycles. The minimum atomic E-state index is -0.499. The largest absolute Gasteiger partial charge is 0.494 e. The molecule has 1 rings (SSSR count). The van der Waals surface area contributed by atoms with Crippen LogP contribution in [0.5, 0.6) is 11.5 Å². The van der Waals surface area contributed by atoms with Crippen molar-refractivity contribution in [1.29, 1.82) is 0 Å². The molecule has 0 aliphatic heterocycles. The predicted molar refractivity (Wildman–Crippen MR) is 54.7 cm³/mol. The second-order valence-electron chi connectivity index (χ2n) is 3.17. The zero-order valence-corrected chi connectivity index (χ0v) is 8.87. The van der Waals surface area contributed by atoms with Crippen molar-refractivity contribution in [2.75, 3.05) is 13.7 Å². The van der Waals surface area contributed by atoms with E-state index in [1.807, 2.05) is 6.92 Å². The van der Waals surface area contributed by atoms with Gasteiger partial charge in [0.25, 0.3) is 0 Å². The summed E-state index contributed by atoms with van der Waals surface area (Å²) in [5.41, 5.74) is 0. The Morgan fingerprint density at radius 3 is 2.80 bits per heavy atom. The monoisotopic (exact) mass is 214 g/mol. The van der Waals surface area contributed by atoms with Crippen LogP contribution in [0, 0.1) is 5.82 Å². The minimum Gasteiger partial charge on any atom is -0.494 e. The molecule has 0 aliphatic carbocycles. The van der Waals surface area contributed by atoms with Gasteiger partial charge in [0, 0.05) is 6.07 Å². The molecular weight excluding hydrogens is 199 g/mol. The molecule has 1 N–H and O–H groups in total. The molecular formula is C11H15FO3. The highest BCUT2D eigenvalue weighted by Gasteiger charge is 2.06. The third-order valence-electron chi connectivity index (χ3n) is 2.04. The maximum atomic E-state index is 13.0. The summed E-state index contributed by atoms with van der Waals surface area (Å²) >= 11 is 0. The molecule has 0 aliphatic rings. The zero-order chi connectivity index (χ0) is 11.3. The highest BCUT2D eigenvalue weighted by Crippen LogP contribution is 2.23. The molecule has 0 amide bonds. The summed E-state index contributed by atoms with van der Waals surface area (Å²) in [5, 5.41) is 9.27. The summed E-state index contributed by atoms with van der Waals surface area (Å²) in [6.45, 7) is 2.06. The van der Waals surface area contributed by atoms with Crippen LogP contribution >= 0.6 is 0 Å². The molecule has 1 atom stereocenters. The lowest BCUT2D eigenvalue weighted by Gasteiger charge is -2.11. The summed E-state index contributed by atoms with van der Waals surface area (Å²) in [7, 11) is 1.39. The van der Waals surface area contributed by atoms with Crippen LogP contribution in [0.25, 0.3) is 0 Å². The Morgan fingerprint density at radius 2 is 2.20 bits per heavy atom. The number of ether oxygens (including phenoxy) is 2. The number of aliphatic hydroxyl groups excluding tert-OH is 1. The number of hydrogen-bond acceptors (Lipinski definition) is 3. The van der Waals surface area contributed by atoms with Gasteiger partial charge in [0.15, 0.2) is 11.6 Å². The molecule has 0 heterocycles. The van der Waals surface area contributed by atoms with Crippen molar-refractivity contribution in [3.63, 3.8) is 0 Å². The topological polar surface area (TPSA) is 38.7 Å². The minimum absolute atomic E-state index is 0.137. The average molecular weight is 214 g/mol. The SMILES string of the molecule is CC[C@H](O)COc1ccc(F)c(OC)c1. The van der Waals surface area contributed by atoms with E-state index in [0.717, 1.165) is 0 Å². The molecule has 0 bridgehead atoms. The Hall–Kier alpha value is -1.29. The summed E-state index contributed by atoms with van der Waals surface area (Å²) in [5.74, 6) is 0.195. The second kappa shape index (κ2) is 5.56. The fourth-order valence-corrected chi connectivity index (χ4v) is 1.04. The third-order valence-corrected chi connectivity index (χ3v) is 2.04. The van der Waals surface area contributed by atoms with Gasteiger partial charge in [-0.05, 0) is 18.6 Å². The molecule has 0 saturated heterocycles. The van der Waals surface area contributed by atoms with Crippen LogP contribution in [0.2, 0.25) is 0 Å². The maximum absolute atomic E-state index is 13.0. The summed E-state index contributed by atoms with van der Waals surface area (Å²) in [6, 6.07) is 4.23. The van der Waals surface area contributed by atoms with Crippen LogP contribution in [0.15, 0.2) is 18.2 Å². The van der Waals surface area contributed by atoms with E-state index in [1.165, 1.54) is 25.3 Å². The molecule has 3 nitrogen and oxygen atoms in total. The Balaban J connectivity index is 2.62. The van der Waals surface area contributed by atoms with Gasteiger partial charge in [-0.1, -0.05) is 6.92 Å². The molecule has 1 aromatic rings. The highest BCUT2D eigenvalue weighted by molar-refractivity contribution is 5.34. The first-order valence-electron chi connectivity index (χ1n) is 4.81. The van der Waals surface area contributed by atoms with Gasteiger partial charge in [0.05, 0.1) is 13.2 Å². The van der Waals surface area contributed by atoms with Crippen molar-refractivity contribution in [1.82, 2.24) is 0 Å². The Labute approximate surface area is 88.4 Å². The van der Waals surface area contributed by atoms with E-state index >= 15 is 0 Å². The van der Waals surface area contributed by atoms with Gasteiger partial charge in [0.2, 0.25) is 0 Å². The van der Waals surface area contributed by atoms with Crippen molar-refractivity contribution >= 4 is 0 Å². The number of hydrogen-bond donors (Lipinski definition) is 1. The van der Waals surface area contributed by atoms with Gasteiger partial charge >= 0.3 is 0 Å². The average Bonchev–Trinajstić information content (AvgIpc) is 2.27. The van der Waals surface area contributed by atoms with E-state index < -0.39 is 11.9 Å². The summed E-state index contributed by atoms with van der Waals surface area (Å²) in [6.07, 6.45) is 0.124. The van der Waals surface area contributed by atoms with E-state index in [4.69, 9.17) is 9.47 Å². The molecule has 0 unspecified atom stereocenters. The summed E-state index contributed by atoms with van der Waals surface area (Å²) in [4.78, 5) is 0. The van der Waals surface area contributed by atoms with E-state index in [-0.39, 0.29) is 12.4 Å². The van der Waals surface area contributed by atoms with E-state index in [9.17, 15) is 9.50 Å². The molecule has 0 radical (unpaired) electrons. The molecule has 15 heavy (non-hydrogen) atoms. The first kappa shape index (κ1) is 11.8. The number of aliphatic hydroxyl groups is 1. The quantitative estimate of drug-likeness (QED) is 0.814. The molecule has 0 fully saturated rings. The van der Waals surface area contributed by atoms with E-state index in [0.29, 0.717) is 12.2 Å².